The zero-order valence-electron chi connectivity index (χ0n) is 12.0. The third-order valence-electron chi connectivity index (χ3n) is 2.89. The predicted molar refractivity (Wildman–Crippen MR) is 82.8 cm³/mol. The second-order valence-electron chi connectivity index (χ2n) is 4.40. The van der Waals surface area contributed by atoms with Gasteiger partial charge in [-0.3, -0.25) is 9.69 Å². The molecule has 0 unspecified atom stereocenters. The van der Waals surface area contributed by atoms with E-state index in [1.54, 1.807) is 11.8 Å². The molecule has 5 nitrogen and oxygen atoms in total. The van der Waals surface area contributed by atoms with Gasteiger partial charge in [0.25, 0.3) is 5.91 Å². The van der Waals surface area contributed by atoms with Gasteiger partial charge >= 0.3 is 29.6 Å². The van der Waals surface area contributed by atoms with Crippen LogP contribution in [0.3, 0.4) is 0 Å². The summed E-state index contributed by atoms with van der Waals surface area (Å²) in [5.41, 5.74) is 0.805. The van der Waals surface area contributed by atoms with Crippen LogP contribution in [-0.2, 0) is 9.59 Å². The number of carboxylic acid groups (broad SMARTS) is 1. The Morgan fingerprint density at radius 2 is 2.19 bits per heavy atom. The molecule has 2 aliphatic rings. The first kappa shape index (κ1) is 19.1. The Labute approximate surface area is 159 Å². The second kappa shape index (κ2) is 8.03. The summed E-state index contributed by atoms with van der Waals surface area (Å²) in [5.74, 6) is -0.643. The van der Waals surface area contributed by atoms with Gasteiger partial charge in [-0.2, -0.15) is 0 Å². The van der Waals surface area contributed by atoms with Crippen molar-refractivity contribution in [2.45, 2.75) is 6.92 Å². The first-order chi connectivity index (χ1) is 9.40. The minimum Gasteiger partial charge on any atom is -0.548 e. The molecule has 0 saturated carbocycles. The van der Waals surface area contributed by atoms with Crippen LogP contribution in [-0.4, -0.2) is 51.9 Å². The molecule has 2 aliphatic heterocycles. The van der Waals surface area contributed by atoms with E-state index in [4.69, 9.17) is 12.2 Å². The Kier molecular flexibility index (Phi) is 7.29. The van der Waals surface area contributed by atoms with E-state index in [1.165, 1.54) is 0 Å². The van der Waals surface area contributed by atoms with Crippen LogP contribution in [0.25, 0.3) is 0 Å². The maximum Gasteiger partial charge on any atom is 1.00 e. The number of rotatable bonds is 3. The number of hydrogen-bond donors (Lipinski definition) is 0. The Bertz CT molecular complexity index is 548. The van der Waals surface area contributed by atoms with E-state index < -0.39 is 12.5 Å². The molecule has 9 heteroatoms. The van der Waals surface area contributed by atoms with Crippen molar-refractivity contribution in [1.29, 1.82) is 0 Å². The zero-order valence-corrected chi connectivity index (χ0v) is 16.5. The van der Waals surface area contributed by atoms with E-state index in [1.807, 2.05) is 20.0 Å². The summed E-state index contributed by atoms with van der Waals surface area (Å²) in [6.45, 7) is 2.33. The monoisotopic (exact) mass is 352 g/mol. The molecule has 0 spiro atoms. The summed E-state index contributed by atoms with van der Waals surface area (Å²) in [6.07, 6.45) is 1.95. The van der Waals surface area contributed by atoms with Crippen molar-refractivity contribution in [3.05, 3.63) is 21.6 Å². The average molecular weight is 352 g/mol. The SMILES string of the molecule is CC(/C=C1\SCCN1C)=C1\SC(=S)N(CC(=O)[O-])C1=O.[Na+]. The van der Waals surface area contributed by atoms with Crippen molar-refractivity contribution in [3.63, 3.8) is 0 Å². The van der Waals surface area contributed by atoms with E-state index in [0.717, 1.165) is 39.6 Å². The Balaban J connectivity index is 0.00000220. The number of carbonyl (C=O) groups excluding carboxylic acids is 2. The molecule has 108 valence electrons. The maximum absolute atomic E-state index is 12.2. The molecule has 0 aromatic rings. The average Bonchev–Trinajstić information content (AvgIpc) is 2.88. The van der Waals surface area contributed by atoms with E-state index in [-0.39, 0.29) is 39.8 Å². The summed E-state index contributed by atoms with van der Waals surface area (Å²) < 4.78 is 0.263. The van der Waals surface area contributed by atoms with Gasteiger partial charge in [-0.1, -0.05) is 24.0 Å². The number of carbonyl (C=O) groups is 2. The molecule has 0 atom stereocenters. The Hall–Kier alpha value is 0.01000. The normalized spacial score (nSPS) is 22.9. The van der Waals surface area contributed by atoms with Crippen molar-refractivity contribution in [3.8, 4) is 0 Å². The van der Waals surface area contributed by atoms with Gasteiger partial charge < -0.3 is 14.8 Å². The van der Waals surface area contributed by atoms with Crippen molar-refractivity contribution in [2.24, 2.45) is 0 Å². The Morgan fingerprint density at radius 3 is 2.71 bits per heavy atom. The summed E-state index contributed by atoms with van der Waals surface area (Å²) in [5, 5.41) is 11.7. The molecular formula is C12H13N2NaO3S3. The Morgan fingerprint density at radius 1 is 1.52 bits per heavy atom. The van der Waals surface area contributed by atoms with Crippen molar-refractivity contribution >= 4 is 51.9 Å². The quantitative estimate of drug-likeness (QED) is 0.313. The smallest absolute Gasteiger partial charge is 0.548 e. The molecule has 0 aromatic carbocycles. The van der Waals surface area contributed by atoms with Crippen molar-refractivity contribution < 1.29 is 44.3 Å². The first-order valence-electron chi connectivity index (χ1n) is 5.90. The fourth-order valence-corrected chi connectivity index (χ4v) is 4.21. The number of allylic oxidation sites excluding steroid dienone is 2. The second-order valence-corrected chi connectivity index (χ2v) is 7.16. The van der Waals surface area contributed by atoms with E-state index in [0.29, 0.717) is 4.91 Å². The molecule has 0 bridgehead atoms. The van der Waals surface area contributed by atoms with Crippen molar-refractivity contribution in [1.82, 2.24) is 9.80 Å². The van der Waals surface area contributed by atoms with Gasteiger partial charge in [0.15, 0.2) is 0 Å². The largest absolute Gasteiger partial charge is 1.00 e. The third-order valence-corrected chi connectivity index (χ3v) is 5.57. The molecule has 0 aromatic heterocycles. The summed E-state index contributed by atoms with van der Waals surface area (Å²) in [4.78, 5) is 26.5. The molecule has 0 aliphatic carbocycles. The molecule has 1 amide bonds. The third kappa shape index (κ3) is 4.49. The van der Waals surface area contributed by atoms with Crippen molar-refractivity contribution in [2.75, 3.05) is 25.9 Å². The van der Waals surface area contributed by atoms with E-state index in [9.17, 15) is 14.7 Å². The molecule has 2 saturated heterocycles. The van der Waals surface area contributed by atoms with Crippen LogP contribution in [0.2, 0.25) is 0 Å². The van der Waals surface area contributed by atoms with Gasteiger partial charge in [0.1, 0.15) is 4.32 Å². The van der Waals surface area contributed by atoms with Gasteiger partial charge in [-0.25, -0.2) is 0 Å². The van der Waals surface area contributed by atoms with Crippen LogP contribution < -0.4 is 34.7 Å². The van der Waals surface area contributed by atoms with Crippen LogP contribution >= 0.6 is 35.7 Å². The first-order valence-corrected chi connectivity index (χ1v) is 8.11. The van der Waals surface area contributed by atoms with E-state index in [2.05, 4.69) is 4.90 Å². The standard InChI is InChI=1S/C12H14N2O3S3.Na/c1-7(5-8-13(2)3-4-19-8)10-11(17)14(6-9(15)16)12(18)20-10;/h5H,3-4,6H2,1-2H3,(H,15,16);/q;+1/p-1/b8-5-,10-7+;. The fraction of sp³-hybridized carbons (Fsp3) is 0.417. The summed E-state index contributed by atoms with van der Waals surface area (Å²) >= 11 is 7.92. The molecule has 0 radical (unpaired) electrons. The van der Waals surface area contributed by atoms with Crippen LogP contribution in [0.1, 0.15) is 6.92 Å². The van der Waals surface area contributed by atoms with Gasteiger partial charge in [0, 0.05) is 19.3 Å². The van der Waals surface area contributed by atoms with Gasteiger partial charge in [0.2, 0.25) is 0 Å². The van der Waals surface area contributed by atoms with Gasteiger partial charge in [-0.05, 0) is 18.6 Å². The van der Waals surface area contributed by atoms with Crippen LogP contribution in [0, 0.1) is 0 Å². The number of amides is 1. The molecule has 21 heavy (non-hydrogen) atoms. The summed E-state index contributed by atoms with van der Waals surface area (Å²) in [6, 6.07) is 0. The predicted octanol–water partition coefficient (Wildman–Crippen LogP) is -2.61. The van der Waals surface area contributed by atoms with Crippen LogP contribution in [0.5, 0.6) is 0 Å². The zero-order chi connectivity index (χ0) is 14.9. The molecular weight excluding hydrogens is 339 g/mol. The molecule has 2 heterocycles. The molecule has 0 N–H and O–H groups in total. The molecule has 2 fully saturated rings. The minimum absolute atomic E-state index is 0. The number of carboxylic acids is 1. The number of nitrogens with zero attached hydrogens (tertiary/aromatic N) is 2. The van der Waals surface area contributed by atoms with Crippen LogP contribution in [0.4, 0.5) is 0 Å². The van der Waals surface area contributed by atoms with Crippen LogP contribution in [0.15, 0.2) is 21.6 Å². The number of thioether (sulfide) groups is 2. The summed E-state index contributed by atoms with van der Waals surface area (Å²) in [7, 11) is 2.00. The maximum atomic E-state index is 12.2. The molecule has 2 rings (SSSR count). The van der Waals surface area contributed by atoms with E-state index >= 15 is 0 Å². The van der Waals surface area contributed by atoms with Gasteiger partial charge in [-0.15, -0.1) is 11.8 Å². The topological polar surface area (TPSA) is 63.7 Å². The van der Waals surface area contributed by atoms with Gasteiger partial charge in [0.05, 0.1) is 22.4 Å². The number of aliphatic carboxylic acids is 1. The number of thiocarbonyl (C=S) groups is 1. The number of hydrogen-bond acceptors (Lipinski definition) is 7. The fourth-order valence-electron chi connectivity index (χ4n) is 1.82. The minimum atomic E-state index is -1.32.